The van der Waals surface area contributed by atoms with Gasteiger partial charge in [-0.05, 0) is 23.3 Å². The number of aromatic nitrogens is 2. The first-order valence-electron chi connectivity index (χ1n) is 9.79. The van der Waals surface area contributed by atoms with Crippen LogP contribution in [0.1, 0.15) is 16.7 Å². The molecule has 0 amide bonds. The Morgan fingerprint density at radius 3 is 2.61 bits per heavy atom. The van der Waals surface area contributed by atoms with E-state index in [9.17, 15) is 0 Å². The second kappa shape index (κ2) is 12.2. The van der Waals surface area contributed by atoms with Crippen LogP contribution in [0, 0.1) is 0 Å². The molecule has 166 valence electrons. The van der Waals surface area contributed by atoms with Gasteiger partial charge in [-0.25, -0.2) is 4.98 Å². The highest BCUT2D eigenvalue weighted by atomic mass is 127. The number of hydrogen-bond donors (Lipinski definition) is 1. The Bertz CT molecular complexity index is 976. The van der Waals surface area contributed by atoms with Crippen LogP contribution < -0.4 is 14.8 Å². The lowest BCUT2D eigenvalue weighted by molar-refractivity contribution is 0.382. The number of benzene rings is 2. The Kier molecular flexibility index (Phi) is 9.64. The molecule has 1 N–H and O–H groups in total. The van der Waals surface area contributed by atoms with E-state index >= 15 is 0 Å². The first-order chi connectivity index (χ1) is 14.6. The highest BCUT2D eigenvalue weighted by molar-refractivity contribution is 14.0. The normalized spacial score (nSPS) is 10.9. The summed E-state index contributed by atoms with van der Waals surface area (Å²) in [5.74, 6) is 2.38. The van der Waals surface area contributed by atoms with E-state index in [1.165, 1.54) is 11.1 Å². The van der Waals surface area contributed by atoms with Gasteiger partial charge >= 0.3 is 0 Å². The van der Waals surface area contributed by atoms with E-state index < -0.39 is 0 Å². The molecule has 3 rings (SSSR count). The third-order valence-corrected chi connectivity index (χ3v) is 4.84. The molecule has 8 heteroatoms. The maximum atomic E-state index is 5.51. The van der Waals surface area contributed by atoms with Gasteiger partial charge in [-0.3, -0.25) is 4.99 Å². The van der Waals surface area contributed by atoms with Gasteiger partial charge in [0.05, 0.1) is 20.5 Å². The predicted octanol–water partition coefficient (Wildman–Crippen LogP) is 3.77. The zero-order chi connectivity index (χ0) is 21.3. The highest BCUT2D eigenvalue weighted by Gasteiger charge is 2.11. The van der Waals surface area contributed by atoms with E-state index in [1.807, 2.05) is 37.8 Å². The molecule has 0 saturated heterocycles. The summed E-state index contributed by atoms with van der Waals surface area (Å²) in [6.07, 6.45) is 5.59. The fraction of sp³-hybridized carbons (Fsp3) is 0.304. The second-order valence-corrected chi connectivity index (χ2v) is 6.99. The molecule has 0 unspecified atom stereocenters. The monoisotopic (exact) mass is 535 g/mol. The molecule has 0 aliphatic rings. The van der Waals surface area contributed by atoms with E-state index in [4.69, 9.17) is 9.47 Å². The summed E-state index contributed by atoms with van der Waals surface area (Å²) in [6, 6.07) is 14.4. The number of nitrogens with zero attached hydrogens (tertiary/aromatic N) is 4. The minimum absolute atomic E-state index is 0. The van der Waals surface area contributed by atoms with Crippen molar-refractivity contribution in [2.45, 2.75) is 19.6 Å². The molecule has 31 heavy (non-hydrogen) atoms. The molecule has 2 aromatic carbocycles. The van der Waals surface area contributed by atoms with E-state index in [1.54, 1.807) is 27.5 Å². The number of hydrogen-bond acceptors (Lipinski definition) is 4. The SMILES string of the molecule is CN=C(NCc1cccc(Cn2ccnc2)c1)N(C)Cc1ccc(OC)cc1OC.I. The topological polar surface area (TPSA) is 63.9 Å². The van der Waals surface area contributed by atoms with Gasteiger partial charge in [-0.2, -0.15) is 0 Å². The van der Waals surface area contributed by atoms with Crippen molar-refractivity contribution >= 4 is 29.9 Å². The molecule has 0 spiro atoms. The molecule has 1 heterocycles. The fourth-order valence-electron chi connectivity index (χ4n) is 3.31. The van der Waals surface area contributed by atoms with Gasteiger partial charge in [-0.1, -0.05) is 24.3 Å². The zero-order valence-electron chi connectivity index (χ0n) is 18.4. The smallest absolute Gasteiger partial charge is 0.193 e. The summed E-state index contributed by atoms with van der Waals surface area (Å²) < 4.78 is 12.9. The summed E-state index contributed by atoms with van der Waals surface area (Å²) >= 11 is 0. The van der Waals surface area contributed by atoms with E-state index in [0.29, 0.717) is 13.1 Å². The number of rotatable bonds is 8. The van der Waals surface area contributed by atoms with E-state index in [2.05, 4.69) is 49.0 Å². The molecule has 0 aliphatic carbocycles. The fourth-order valence-corrected chi connectivity index (χ4v) is 3.31. The number of aliphatic imine (C=N–C) groups is 1. The summed E-state index contributed by atoms with van der Waals surface area (Å²) in [6.45, 7) is 2.15. The van der Waals surface area contributed by atoms with E-state index in [0.717, 1.165) is 29.6 Å². The lowest BCUT2D eigenvalue weighted by Crippen LogP contribution is -2.38. The Balaban J connectivity index is 0.00000341. The Hall–Kier alpha value is -2.75. The first-order valence-corrected chi connectivity index (χ1v) is 9.79. The van der Waals surface area contributed by atoms with Crippen molar-refractivity contribution in [1.29, 1.82) is 0 Å². The third-order valence-electron chi connectivity index (χ3n) is 4.84. The molecule has 0 radical (unpaired) electrons. The molecular formula is C23H30IN5O2. The first kappa shape index (κ1) is 24.5. The predicted molar refractivity (Wildman–Crippen MR) is 134 cm³/mol. The number of guanidine groups is 1. The summed E-state index contributed by atoms with van der Waals surface area (Å²) in [7, 11) is 7.12. The number of nitrogens with one attached hydrogen (secondary N) is 1. The number of ether oxygens (including phenoxy) is 2. The molecular weight excluding hydrogens is 505 g/mol. The Morgan fingerprint density at radius 2 is 1.94 bits per heavy atom. The van der Waals surface area contributed by atoms with Crippen molar-refractivity contribution < 1.29 is 9.47 Å². The summed E-state index contributed by atoms with van der Waals surface area (Å²) in [5, 5.41) is 3.44. The van der Waals surface area contributed by atoms with Gasteiger partial charge in [-0.15, -0.1) is 24.0 Å². The average Bonchev–Trinajstić information content (AvgIpc) is 3.27. The molecule has 0 fully saturated rings. The Morgan fingerprint density at radius 1 is 1.13 bits per heavy atom. The van der Waals surface area contributed by atoms with Crippen LogP contribution in [0.15, 0.2) is 66.2 Å². The lowest BCUT2D eigenvalue weighted by Gasteiger charge is -2.23. The highest BCUT2D eigenvalue weighted by Crippen LogP contribution is 2.25. The zero-order valence-corrected chi connectivity index (χ0v) is 20.7. The van der Waals surface area contributed by atoms with Crippen LogP contribution in [0.2, 0.25) is 0 Å². The van der Waals surface area contributed by atoms with Crippen molar-refractivity contribution in [3.05, 3.63) is 77.9 Å². The van der Waals surface area contributed by atoms with Gasteiger partial charge in [0.25, 0.3) is 0 Å². The van der Waals surface area contributed by atoms with Crippen LogP contribution in [0.25, 0.3) is 0 Å². The average molecular weight is 535 g/mol. The van der Waals surface area contributed by atoms with Crippen LogP contribution in [-0.4, -0.2) is 48.7 Å². The number of halogens is 1. The minimum atomic E-state index is 0. The maximum Gasteiger partial charge on any atom is 0.193 e. The molecule has 0 saturated carbocycles. The second-order valence-electron chi connectivity index (χ2n) is 6.99. The van der Waals surface area contributed by atoms with Crippen LogP contribution in [-0.2, 0) is 19.6 Å². The van der Waals surface area contributed by atoms with Gasteiger partial charge < -0.3 is 24.3 Å². The van der Waals surface area contributed by atoms with Crippen LogP contribution in [0.4, 0.5) is 0 Å². The summed E-state index contributed by atoms with van der Waals surface area (Å²) in [5.41, 5.74) is 3.49. The van der Waals surface area contributed by atoms with Crippen molar-refractivity contribution in [2.75, 3.05) is 28.3 Å². The molecule has 0 aliphatic heterocycles. The van der Waals surface area contributed by atoms with E-state index in [-0.39, 0.29) is 24.0 Å². The molecule has 3 aromatic rings. The quantitative estimate of drug-likeness (QED) is 0.270. The Labute approximate surface area is 201 Å². The van der Waals surface area contributed by atoms with Gasteiger partial charge in [0, 0.05) is 57.8 Å². The maximum absolute atomic E-state index is 5.51. The minimum Gasteiger partial charge on any atom is -0.497 e. The molecule has 0 bridgehead atoms. The largest absolute Gasteiger partial charge is 0.497 e. The summed E-state index contributed by atoms with van der Waals surface area (Å²) in [4.78, 5) is 10.6. The van der Waals surface area contributed by atoms with Crippen LogP contribution in [0.5, 0.6) is 11.5 Å². The number of methoxy groups -OCH3 is 2. The van der Waals surface area contributed by atoms with Crippen LogP contribution in [0.3, 0.4) is 0 Å². The molecule has 0 atom stereocenters. The third kappa shape index (κ3) is 6.88. The van der Waals surface area contributed by atoms with Crippen molar-refractivity contribution in [3.63, 3.8) is 0 Å². The van der Waals surface area contributed by atoms with Crippen molar-refractivity contribution in [3.8, 4) is 11.5 Å². The van der Waals surface area contributed by atoms with Gasteiger partial charge in [0.15, 0.2) is 5.96 Å². The van der Waals surface area contributed by atoms with Crippen LogP contribution >= 0.6 is 24.0 Å². The standard InChI is InChI=1S/C23H29N5O2.HI/c1-24-23(27(2)16-20-8-9-21(29-3)13-22(20)30-4)26-14-18-6-5-7-19(12-18)15-28-11-10-25-17-28;/h5-13,17H,14-16H2,1-4H3,(H,24,26);1H. The molecule has 7 nitrogen and oxygen atoms in total. The van der Waals surface area contributed by atoms with Gasteiger partial charge in [0.2, 0.25) is 0 Å². The molecule has 1 aromatic heterocycles. The number of imidazole rings is 1. The van der Waals surface area contributed by atoms with Crippen molar-refractivity contribution in [1.82, 2.24) is 19.8 Å². The van der Waals surface area contributed by atoms with Crippen molar-refractivity contribution in [2.24, 2.45) is 4.99 Å². The lowest BCUT2D eigenvalue weighted by atomic mass is 10.1. The van der Waals surface area contributed by atoms with Gasteiger partial charge in [0.1, 0.15) is 11.5 Å².